The first-order chi connectivity index (χ1) is 8.86. The SMILES string of the molecule is C#CCCCN(CC)c1cccc2ccccc12. The van der Waals surface area contributed by atoms with Crippen molar-refractivity contribution in [2.24, 2.45) is 0 Å². The van der Waals surface area contributed by atoms with Crippen LogP contribution < -0.4 is 4.90 Å². The minimum absolute atomic E-state index is 0.848. The van der Waals surface area contributed by atoms with Crippen molar-refractivity contribution >= 4 is 16.5 Å². The molecule has 0 saturated carbocycles. The summed E-state index contributed by atoms with van der Waals surface area (Å²) in [6.45, 7) is 4.23. The van der Waals surface area contributed by atoms with Gasteiger partial charge in [0.05, 0.1) is 0 Å². The average molecular weight is 237 g/mol. The van der Waals surface area contributed by atoms with Gasteiger partial charge in [0.2, 0.25) is 0 Å². The third kappa shape index (κ3) is 2.65. The lowest BCUT2D eigenvalue weighted by Crippen LogP contribution is -2.24. The molecule has 18 heavy (non-hydrogen) atoms. The van der Waals surface area contributed by atoms with Crippen LogP contribution in [-0.4, -0.2) is 13.1 Å². The van der Waals surface area contributed by atoms with E-state index < -0.39 is 0 Å². The number of benzene rings is 2. The van der Waals surface area contributed by atoms with E-state index in [-0.39, 0.29) is 0 Å². The predicted octanol–water partition coefficient (Wildman–Crippen LogP) is 4.08. The van der Waals surface area contributed by atoms with Crippen LogP contribution in [0.1, 0.15) is 19.8 Å². The van der Waals surface area contributed by atoms with Gasteiger partial charge in [-0.05, 0) is 24.8 Å². The summed E-state index contributed by atoms with van der Waals surface area (Å²) in [5.74, 6) is 2.71. The van der Waals surface area contributed by atoms with Crippen LogP contribution in [0, 0.1) is 12.3 Å². The average Bonchev–Trinajstić information content (AvgIpc) is 2.43. The fourth-order valence-corrected chi connectivity index (χ4v) is 2.30. The summed E-state index contributed by atoms with van der Waals surface area (Å²) >= 11 is 0. The molecule has 1 heteroatoms. The molecule has 0 aromatic heterocycles. The number of terminal acetylenes is 1. The van der Waals surface area contributed by atoms with Crippen molar-refractivity contribution in [2.45, 2.75) is 19.8 Å². The van der Waals surface area contributed by atoms with E-state index in [4.69, 9.17) is 6.42 Å². The van der Waals surface area contributed by atoms with Gasteiger partial charge in [0, 0.05) is 30.6 Å². The molecule has 0 heterocycles. The lowest BCUT2D eigenvalue weighted by atomic mass is 10.1. The Hall–Kier alpha value is -1.94. The van der Waals surface area contributed by atoms with Crippen LogP contribution in [-0.2, 0) is 0 Å². The van der Waals surface area contributed by atoms with Gasteiger partial charge >= 0.3 is 0 Å². The largest absolute Gasteiger partial charge is 0.371 e. The lowest BCUT2D eigenvalue weighted by molar-refractivity contribution is 0.766. The van der Waals surface area contributed by atoms with Gasteiger partial charge in [0.1, 0.15) is 0 Å². The van der Waals surface area contributed by atoms with E-state index in [1.165, 1.54) is 16.5 Å². The molecule has 0 saturated heterocycles. The summed E-state index contributed by atoms with van der Waals surface area (Å²) in [7, 11) is 0. The maximum atomic E-state index is 5.32. The second-order valence-corrected chi connectivity index (χ2v) is 4.39. The van der Waals surface area contributed by atoms with Crippen molar-refractivity contribution in [3.63, 3.8) is 0 Å². The molecule has 0 bridgehead atoms. The fourth-order valence-electron chi connectivity index (χ4n) is 2.30. The molecular weight excluding hydrogens is 218 g/mol. The van der Waals surface area contributed by atoms with E-state index in [0.29, 0.717) is 0 Å². The van der Waals surface area contributed by atoms with Crippen LogP contribution in [0.3, 0.4) is 0 Å². The monoisotopic (exact) mass is 237 g/mol. The quantitative estimate of drug-likeness (QED) is 0.559. The van der Waals surface area contributed by atoms with Crippen LogP contribution >= 0.6 is 0 Å². The second kappa shape index (κ2) is 6.12. The molecule has 0 fully saturated rings. The highest BCUT2D eigenvalue weighted by Crippen LogP contribution is 2.26. The molecule has 0 unspecified atom stereocenters. The third-order valence-corrected chi connectivity index (χ3v) is 3.24. The molecule has 0 aliphatic rings. The van der Waals surface area contributed by atoms with Gasteiger partial charge in [-0.3, -0.25) is 0 Å². The van der Waals surface area contributed by atoms with E-state index in [9.17, 15) is 0 Å². The first kappa shape index (κ1) is 12.5. The maximum Gasteiger partial charge on any atom is 0.0445 e. The first-order valence-electron chi connectivity index (χ1n) is 6.53. The normalized spacial score (nSPS) is 10.2. The molecule has 1 nitrogen and oxygen atoms in total. The molecule has 2 aromatic rings. The minimum Gasteiger partial charge on any atom is -0.371 e. The van der Waals surface area contributed by atoms with Crippen molar-refractivity contribution in [3.8, 4) is 12.3 Å². The molecule has 0 spiro atoms. The van der Waals surface area contributed by atoms with Crippen molar-refractivity contribution in [2.75, 3.05) is 18.0 Å². The number of rotatable bonds is 5. The van der Waals surface area contributed by atoms with Gasteiger partial charge < -0.3 is 4.90 Å². The summed E-state index contributed by atoms with van der Waals surface area (Å²) in [5.41, 5.74) is 1.31. The summed E-state index contributed by atoms with van der Waals surface area (Å²) in [4.78, 5) is 2.40. The summed E-state index contributed by atoms with van der Waals surface area (Å²) < 4.78 is 0. The van der Waals surface area contributed by atoms with E-state index in [1.54, 1.807) is 0 Å². The van der Waals surface area contributed by atoms with E-state index in [1.807, 2.05) is 0 Å². The number of fused-ring (bicyclic) bond motifs is 1. The Morgan fingerprint density at radius 1 is 1.11 bits per heavy atom. The minimum atomic E-state index is 0.848. The van der Waals surface area contributed by atoms with Crippen LogP contribution in [0.15, 0.2) is 42.5 Å². The standard InChI is InChI=1S/C17H19N/c1-3-5-8-14-18(4-2)17-13-9-11-15-10-6-7-12-16(15)17/h1,6-7,9-13H,4-5,8,14H2,2H3. The van der Waals surface area contributed by atoms with Gasteiger partial charge in [0.15, 0.2) is 0 Å². The molecule has 0 atom stereocenters. The molecule has 0 aliphatic heterocycles. The Bertz CT molecular complexity index is 546. The number of anilines is 1. The van der Waals surface area contributed by atoms with E-state index in [2.05, 4.69) is 60.2 Å². The predicted molar refractivity (Wildman–Crippen MR) is 79.9 cm³/mol. The van der Waals surface area contributed by atoms with Crippen molar-refractivity contribution in [1.82, 2.24) is 0 Å². The van der Waals surface area contributed by atoms with Crippen molar-refractivity contribution in [1.29, 1.82) is 0 Å². The summed E-state index contributed by atoms with van der Waals surface area (Å²) in [5, 5.41) is 2.62. The van der Waals surface area contributed by atoms with Crippen molar-refractivity contribution < 1.29 is 0 Å². The molecule has 92 valence electrons. The zero-order chi connectivity index (χ0) is 12.8. The number of unbranched alkanes of at least 4 members (excludes halogenated alkanes) is 1. The zero-order valence-electron chi connectivity index (χ0n) is 10.9. The number of hydrogen-bond donors (Lipinski definition) is 0. The number of nitrogens with zero attached hydrogens (tertiary/aromatic N) is 1. The number of hydrogen-bond acceptors (Lipinski definition) is 1. The smallest absolute Gasteiger partial charge is 0.0445 e. The summed E-state index contributed by atoms with van der Waals surface area (Å²) in [6.07, 6.45) is 7.21. The lowest BCUT2D eigenvalue weighted by Gasteiger charge is -2.24. The Labute approximate surface area is 109 Å². The molecule has 2 rings (SSSR count). The molecule has 0 amide bonds. The molecule has 0 radical (unpaired) electrons. The zero-order valence-corrected chi connectivity index (χ0v) is 10.9. The first-order valence-corrected chi connectivity index (χ1v) is 6.53. The van der Waals surface area contributed by atoms with Crippen LogP contribution in [0.25, 0.3) is 10.8 Å². The topological polar surface area (TPSA) is 3.24 Å². The van der Waals surface area contributed by atoms with Crippen LogP contribution in [0.5, 0.6) is 0 Å². The Kier molecular flexibility index (Phi) is 4.25. The highest BCUT2D eigenvalue weighted by atomic mass is 15.1. The van der Waals surface area contributed by atoms with Gasteiger partial charge in [-0.15, -0.1) is 12.3 Å². The Balaban J connectivity index is 2.30. The van der Waals surface area contributed by atoms with Crippen LogP contribution in [0.2, 0.25) is 0 Å². The maximum absolute atomic E-state index is 5.32. The Morgan fingerprint density at radius 3 is 2.67 bits per heavy atom. The third-order valence-electron chi connectivity index (χ3n) is 3.24. The fraction of sp³-hybridized carbons (Fsp3) is 0.294. The van der Waals surface area contributed by atoms with Gasteiger partial charge in [-0.1, -0.05) is 36.4 Å². The van der Waals surface area contributed by atoms with Crippen LogP contribution in [0.4, 0.5) is 5.69 Å². The Morgan fingerprint density at radius 2 is 1.89 bits per heavy atom. The second-order valence-electron chi connectivity index (χ2n) is 4.39. The molecule has 2 aromatic carbocycles. The molecule has 0 aliphatic carbocycles. The highest BCUT2D eigenvalue weighted by Gasteiger charge is 2.07. The van der Waals surface area contributed by atoms with Gasteiger partial charge in [-0.25, -0.2) is 0 Å². The van der Waals surface area contributed by atoms with E-state index >= 15 is 0 Å². The van der Waals surface area contributed by atoms with Gasteiger partial charge in [-0.2, -0.15) is 0 Å². The van der Waals surface area contributed by atoms with Gasteiger partial charge in [0.25, 0.3) is 0 Å². The highest BCUT2D eigenvalue weighted by molar-refractivity contribution is 5.94. The molecule has 0 N–H and O–H groups in total. The van der Waals surface area contributed by atoms with E-state index in [0.717, 1.165) is 25.9 Å². The molecular formula is C17H19N. The summed E-state index contributed by atoms with van der Waals surface area (Å²) in [6, 6.07) is 15.0. The van der Waals surface area contributed by atoms with Crippen molar-refractivity contribution in [3.05, 3.63) is 42.5 Å².